The lowest BCUT2D eigenvalue weighted by Crippen LogP contribution is -2.45. The number of nitrogens with zero attached hydrogens (tertiary/aromatic N) is 4. The van der Waals surface area contributed by atoms with E-state index in [-0.39, 0.29) is 0 Å². The normalized spacial score (nSPS) is 14.4. The highest BCUT2D eigenvalue weighted by Crippen LogP contribution is 2.40. The van der Waals surface area contributed by atoms with Crippen molar-refractivity contribution >= 4 is 49.3 Å². The van der Waals surface area contributed by atoms with Crippen molar-refractivity contribution in [1.29, 1.82) is 0 Å². The van der Waals surface area contributed by atoms with Crippen molar-refractivity contribution in [3.05, 3.63) is 192 Å². The fourth-order valence-corrected chi connectivity index (χ4v) is 8.69. The molecule has 0 saturated heterocycles. The maximum absolute atomic E-state index is 6.51. The zero-order chi connectivity index (χ0) is 36.0. The third-order valence-electron chi connectivity index (χ3n) is 11.2. The smallest absolute Gasteiger partial charge is 0.203 e. The summed E-state index contributed by atoms with van der Waals surface area (Å²) in [4.78, 5) is 10.5. The van der Waals surface area contributed by atoms with Crippen LogP contribution in [0.2, 0.25) is 0 Å². The van der Waals surface area contributed by atoms with Crippen LogP contribution < -0.4 is 20.8 Å². The Hall–Kier alpha value is -7.44. The first-order chi connectivity index (χ1) is 27.3. The number of rotatable bonds is 4. The molecule has 0 fully saturated rings. The van der Waals surface area contributed by atoms with Crippen LogP contribution in [-0.4, -0.2) is 14.1 Å². The molecule has 12 rings (SSSR count). The second-order valence-electron chi connectivity index (χ2n) is 14.2. The van der Waals surface area contributed by atoms with Gasteiger partial charge in [-0.1, -0.05) is 109 Å². The number of pyridine rings is 1. The summed E-state index contributed by atoms with van der Waals surface area (Å²) in [5, 5.41) is 9.56. The van der Waals surface area contributed by atoms with Gasteiger partial charge < -0.3 is 19.2 Å². The monoisotopic (exact) mass is 705 g/mol. The van der Waals surface area contributed by atoms with Gasteiger partial charge in [0, 0.05) is 44.4 Å². The van der Waals surface area contributed by atoms with Gasteiger partial charge in [-0.25, -0.2) is 9.98 Å². The third-order valence-corrected chi connectivity index (χ3v) is 11.2. The molecule has 0 aliphatic carbocycles. The summed E-state index contributed by atoms with van der Waals surface area (Å²) in [5.74, 6) is 1.56. The number of ether oxygens (including phenoxy) is 1. The summed E-state index contributed by atoms with van der Waals surface area (Å²) in [6, 6.07) is 62.1. The van der Waals surface area contributed by atoms with Gasteiger partial charge in [0.25, 0.3) is 0 Å². The Morgan fingerprint density at radius 3 is 1.89 bits per heavy atom. The van der Waals surface area contributed by atoms with Crippen molar-refractivity contribution in [2.75, 3.05) is 0 Å². The molecule has 1 atom stereocenters. The highest BCUT2D eigenvalue weighted by molar-refractivity contribution is 6.12. The molecule has 0 spiro atoms. The van der Waals surface area contributed by atoms with Crippen LogP contribution in [0.15, 0.2) is 181 Å². The van der Waals surface area contributed by atoms with E-state index in [9.17, 15) is 0 Å². The molecule has 6 nitrogen and oxygen atoms in total. The molecule has 3 aromatic heterocycles. The highest BCUT2D eigenvalue weighted by Gasteiger charge is 2.29. The Labute approximate surface area is 315 Å². The first-order valence-electron chi connectivity index (χ1n) is 18.6. The minimum atomic E-state index is -0.450. The van der Waals surface area contributed by atoms with Gasteiger partial charge in [-0.15, -0.1) is 0 Å². The average molecular weight is 706 g/mol. The van der Waals surface area contributed by atoms with Crippen LogP contribution >= 0.6 is 0 Å². The summed E-state index contributed by atoms with van der Waals surface area (Å²) >= 11 is 0. The molecule has 10 aromatic rings. The highest BCUT2D eigenvalue weighted by atomic mass is 16.5. The van der Waals surface area contributed by atoms with Crippen LogP contribution in [-0.2, 0) is 0 Å². The topological polar surface area (TPSA) is 56.4 Å². The number of fused-ring (bicyclic) bond motifs is 8. The molecule has 0 bridgehead atoms. The zero-order valence-electron chi connectivity index (χ0n) is 29.5. The largest absolute Gasteiger partial charge is 0.456 e. The Morgan fingerprint density at radius 2 is 1.09 bits per heavy atom. The Morgan fingerprint density at radius 1 is 0.491 bits per heavy atom. The quantitative estimate of drug-likeness (QED) is 0.198. The van der Waals surface area contributed by atoms with E-state index in [1.54, 1.807) is 0 Å². The molecule has 1 N–H and O–H groups in total. The van der Waals surface area contributed by atoms with Crippen LogP contribution in [0.5, 0.6) is 11.5 Å². The van der Waals surface area contributed by atoms with E-state index in [1.165, 1.54) is 43.7 Å². The van der Waals surface area contributed by atoms with Gasteiger partial charge in [0.1, 0.15) is 11.5 Å². The molecule has 0 amide bonds. The number of benzene rings is 7. The summed E-state index contributed by atoms with van der Waals surface area (Å²) in [7, 11) is 0. The van der Waals surface area contributed by atoms with Gasteiger partial charge >= 0.3 is 0 Å². The second-order valence-corrected chi connectivity index (χ2v) is 14.2. The zero-order valence-corrected chi connectivity index (χ0v) is 29.5. The number of para-hydroxylation sites is 4. The maximum atomic E-state index is 6.51. The van der Waals surface area contributed by atoms with Crippen molar-refractivity contribution in [2.45, 2.75) is 6.29 Å². The fourth-order valence-electron chi connectivity index (χ4n) is 8.69. The van der Waals surface area contributed by atoms with E-state index in [4.69, 9.17) is 14.7 Å². The molecular formula is C49H31N5O. The minimum absolute atomic E-state index is 0.450. The molecule has 2 aliphatic rings. The first kappa shape index (κ1) is 30.1. The molecule has 6 heteroatoms. The van der Waals surface area contributed by atoms with E-state index in [0.29, 0.717) is 5.49 Å². The maximum Gasteiger partial charge on any atom is 0.203 e. The van der Waals surface area contributed by atoms with Crippen LogP contribution in [0, 0.1) is 0 Å². The molecule has 0 saturated carbocycles. The molecular weight excluding hydrogens is 675 g/mol. The molecule has 7 aromatic carbocycles. The van der Waals surface area contributed by atoms with Crippen LogP contribution in [0.25, 0.3) is 77.4 Å². The minimum Gasteiger partial charge on any atom is -0.456 e. The van der Waals surface area contributed by atoms with Crippen molar-refractivity contribution in [3.63, 3.8) is 0 Å². The van der Waals surface area contributed by atoms with Gasteiger partial charge in [-0.2, -0.15) is 0 Å². The van der Waals surface area contributed by atoms with Crippen molar-refractivity contribution in [1.82, 2.24) is 19.4 Å². The second kappa shape index (κ2) is 11.5. The molecule has 258 valence electrons. The third kappa shape index (κ3) is 4.49. The number of aromatic nitrogens is 3. The van der Waals surface area contributed by atoms with Crippen LogP contribution in [0.3, 0.4) is 0 Å². The predicted molar refractivity (Wildman–Crippen MR) is 221 cm³/mol. The summed E-state index contributed by atoms with van der Waals surface area (Å²) in [6.45, 7) is 0. The lowest BCUT2D eigenvalue weighted by molar-refractivity contribution is 0.443. The van der Waals surface area contributed by atoms with E-state index in [1.807, 2.05) is 42.5 Å². The summed E-state index contributed by atoms with van der Waals surface area (Å²) in [6.07, 6.45) is -0.450. The van der Waals surface area contributed by atoms with Crippen molar-refractivity contribution < 1.29 is 4.74 Å². The van der Waals surface area contributed by atoms with Gasteiger partial charge in [-0.3, -0.25) is 0 Å². The summed E-state index contributed by atoms with van der Waals surface area (Å²) in [5.41, 5.74) is 12.6. The van der Waals surface area contributed by atoms with E-state index < -0.39 is 6.29 Å². The molecule has 5 heterocycles. The molecule has 2 aliphatic heterocycles. The van der Waals surface area contributed by atoms with Gasteiger partial charge in [0.15, 0.2) is 5.49 Å². The van der Waals surface area contributed by atoms with Crippen LogP contribution in [0.4, 0.5) is 0 Å². The van der Waals surface area contributed by atoms with E-state index >= 15 is 0 Å². The van der Waals surface area contributed by atoms with Gasteiger partial charge in [0.2, 0.25) is 6.29 Å². The van der Waals surface area contributed by atoms with Crippen molar-refractivity contribution in [2.24, 2.45) is 4.99 Å². The Kier molecular flexibility index (Phi) is 6.30. The lowest BCUT2D eigenvalue weighted by Gasteiger charge is -2.29. The number of hydrogen-bond acceptors (Lipinski definition) is 4. The first-order valence-corrected chi connectivity index (χ1v) is 18.6. The van der Waals surface area contributed by atoms with Gasteiger partial charge in [-0.05, 0) is 71.8 Å². The SMILES string of the molecule is c1ccc(-c2cc3c4c(n2)=NC(n2c5ccccc5c5cc(-c6ccc7c(c6)c6ccccc6n7-c6ccccc6)ccc52)NC=4c2ccccc2O3)cc1. The van der Waals surface area contributed by atoms with Crippen LogP contribution in [0.1, 0.15) is 11.9 Å². The molecule has 0 radical (unpaired) electrons. The Balaban J connectivity index is 1.04. The number of hydrogen-bond donors (Lipinski definition) is 1. The molecule has 55 heavy (non-hydrogen) atoms. The average Bonchev–Trinajstić information content (AvgIpc) is 3.76. The van der Waals surface area contributed by atoms with Crippen molar-refractivity contribution in [3.8, 4) is 39.6 Å². The number of nitrogens with one attached hydrogen (secondary N) is 1. The van der Waals surface area contributed by atoms with Gasteiger partial charge in [0.05, 0.1) is 38.7 Å². The standard InChI is InChI=1S/C49H31N5O/c1-3-13-30(14-4-1)39-29-45-46-47(36-19-9-12-22-44(36)55-45)51-49(52-48(46)50-39)54-41-21-11-8-18-35(41)38-28-32(24-26-43(38)54)31-23-25-42-37(27-31)34-17-7-10-20-40(34)53(42)33-15-5-2-6-16-33/h1-29,49,51H. The fraction of sp³-hybridized carbons (Fsp3) is 0.0204. The summed E-state index contributed by atoms with van der Waals surface area (Å²) < 4.78 is 11.2. The van der Waals surface area contributed by atoms with E-state index in [2.05, 4.69) is 148 Å². The van der Waals surface area contributed by atoms with E-state index in [0.717, 1.165) is 56.0 Å². The molecule has 1 unspecified atom stereocenters. The predicted octanol–water partition coefficient (Wildman–Crippen LogP) is 10.3. The Bertz CT molecular complexity index is 3330. The lowest BCUT2D eigenvalue weighted by atomic mass is 10.0.